The zero-order chi connectivity index (χ0) is 25.4. The molecule has 9 heteroatoms. The molecule has 1 N–H and O–H groups in total. The molecular formula is C27H33N7O2. The molecular weight excluding hydrogens is 454 g/mol. The van der Waals surface area contributed by atoms with E-state index >= 15 is 0 Å². The number of methoxy groups -OCH3 is 2. The second kappa shape index (κ2) is 11.8. The Labute approximate surface area is 211 Å². The van der Waals surface area contributed by atoms with Crippen LogP contribution >= 0.6 is 0 Å². The zero-order valence-electron chi connectivity index (χ0n) is 21.3. The summed E-state index contributed by atoms with van der Waals surface area (Å²) in [6, 6.07) is 16.5. The Balaban J connectivity index is 1.63. The molecule has 9 nitrogen and oxygen atoms in total. The van der Waals surface area contributed by atoms with E-state index < -0.39 is 5.79 Å². The first-order chi connectivity index (χ1) is 17.6. The number of unbranched alkanes of at least 4 members (excludes halogenated alkanes) is 1. The molecule has 0 aliphatic carbocycles. The lowest BCUT2D eigenvalue weighted by molar-refractivity contribution is -0.226. The maximum atomic E-state index is 5.80. The van der Waals surface area contributed by atoms with E-state index in [0.29, 0.717) is 24.6 Å². The van der Waals surface area contributed by atoms with Gasteiger partial charge in [0.25, 0.3) is 0 Å². The van der Waals surface area contributed by atoms with Gasteiger partial charge < -0.3 is 9.47 Å². The highest BCUT2D eigenvalue weighted by Crippen LogP contribution is 2.31. The number of aromatic nitrogens is 7. The third-order valence-electron chi connectivity index (χ3n) is 6.19. The van der Waals surface area contributed by atoms with Crippen LogP contribution in [0.25, 0.3) is 28.6 Å². The summed E-state index contributed by atoms with van der Waals surface area (Å²) in [5.74, 6) is 0.996. The molecule has 2 heterocycles. The first-order valence-electron chi connectivity index (χ1n) is 12.3. The molecule has 0 aliphatic heterocycles. The number of nitrogens with zero attached hydrogens (tertiary/aromatic N) is 6. The normalized spacial score (nSPS) is 12.0. The molecule has 0 saturated heterocycles. The predicted molar refractivity (Wildman–Crippen MR) is 139 cm³/mol. The maximum absolute atomic E-state index is 5.80. The van der Waals surface area contributed by atoms with Crippen molar-refractivity contribution in [3.05, 3.63) is 71.8 Å². The van der Waals surface area contributed by atoms with Crippen LogP contribution in [0.5, 0.6) is 0 Å². The number of hydrogen-bond donors (Lipinski definition) is 1. The predicted octanol–water partition coefficient (Wildman–Crippen LogP) is 5.23. The molecule has 2 aromatic heterocycles. The molecule has 2 aromatic carbocycles. The first-order valence-corrected chi connectivity index (χ1v) is 12.3. The van der Waals surface area contributed by atoms with Gasteiger partial charge in [-0.15, -0.1) is 10.2 Å². The Kier molecular flexibility index (Phi) is 8.35. The summed E-state index contributed by atoms with van der Waals surface area (Å²) in [5.41, 5.74) is 4.19. The van der Waals surface area contributed by atoms with E-state index in [2.05, 4.69) is 70.9 Å². The highest BCUT2D eigenvalue weighted by atomic mass is 16.7. The Morgan fingerprint density at radius 2 is 1.75 bits per heavy atom. The van der Waals surface area contributed by atoms with E-state index in [0.717, 1.165) is 47.3 Å². The summed E-state index contributed by atoms with van der Waals surface area (Å²) in [5, 5.41) is 19.2. The molecule has 0 atom stereocenters. The molecule has 0 saturated carbocycles. The lowest BCUT2D eigenvalue weighted by Crippen LogP contribution is -2.32. The van der Waals surface area contributed by atoms with E-state index in [9.17, 15) is 0 Å². The summed E-state index contributed by atoms with van der Waals surface area (Å²) in [6.07, 6.45) is 7.65. The second-order valence-corrected chi connectivity index (χ2v) is 8.52. The van der Waals surface area contributed by atoms with Crippen molar-refractivity contribution in [2.24, 2.45) is 0 Å². The number of allylic oxidation sites excluding steroid dienone is 1. The van der Waals surface area contributed by atoms with Crippen LogP contribution in [-0.2, 0) is 21.8 Å². The first kappa shape index (κ1) is 25.4. The highest BCUT2D eigenvalue weighted by Gasteiger charge is 2.36. The van der Waals surface area contributed by atoms with Crippen LogP contribution in [0.1, 0.15) is 56.7 Å². The van der Waals surface area contributed by atoms with Gasteiger partial charge in [0.15, 0.2) is 11.6 Å². The Hall–Kier alpha value is -3.69. The Morgan fingerprint density at radius 3 is 2.39 bits per heavy atom. The van der Waals surface area contributed by atoms with Crippen molar-refractivity contribution in [3.63, 3.8) is 0 Å². The highest BCUT2D eigenvalue weighted by molar-refractivity contribution is 5.80. The van der Waals surface area contributed by atoms with Crippen molar-refractivity contribution in [1.82, 2.24) is 35.4 Å². The lowest BCUT2D eigenvalue weighted by Gasteiger charge is -2.27. The summed E-state index contributed by atoms with van der Waals surface area (Å²) in [6.45, 7) is 4.81. The third kappa shape index (κ3) is 5.42. The van der Waals surface area contributed by atoms with Crippen molar-refractivity contribution < 1.29 is 9.47 Å². The van der Waals surface area contributed by atoms with Gasteiger partial charge in [0.1, 0.15) is 0 Å². The Morgan fingerprint density at radius 1 is 1.00 bits per heavy atom. The molecule has 4 rings (SSSR count). The molecule has 0 aliphatic rings. The number of benzene rings is 2. The van der Waals surface area contributed by atoms with E-state index in [4.69, 9.17) is 19.6 Å². The maximum Gasteiger partial charge on any atom is 0.231 e. The average Bonchev–Trinajstić information content (AvgIpc) is 3.60. The zero-order valence-corrected chi connectivity index (χ0v) is 21.3. The van der Waals surface area contributed by atoms with Gasteiger partial charge in [0.2, 0.25) is 11.6 Å². The monoisotopic (exact) mass is 487 g/mol. The van der Waals surface area contributed by atoms with Gasteiger partial charge in [-0.1, -0.05) is 74.9 Å². The van der Waals surface area contributed by atoms with Crippen LogP contribution in [0, 0.1) is 0 Å². The number of hydrogen-bond acceptors (Lipinski definition) is 7. The lowest BCUT2D eigenvalue weighted by atomic mass is 9.98. The van der Waals surface area contributed by atoms with Crippen molar-refractivity contribution in [3.8, 4) is 22.5 Å². The van der Waals surface area contributed by atoms with Crippen molar-refractivity contribution in [1.29, 1.82) is 0 Å². The minimum absolute atomic E-state index is 0.544. The fraction of sp³-hybridized carbons (Fsp3) is 0.370. The van der Waals surface area contributed by atoms with Gasteiger partial charge in [0.05, 0.1) is 6.54 Å². The average molecular weight is 488 g/mol. The molecule has 4 aromatic rings. The van der Waals surface area contributed by atoms with Crippen molar-refractivity contribution in [2.45, 2.75) is 51.9 Å². The number of aromatic amines is 1. The van der Waals surface area contributed by atoms with Crippen LogP contribution < -0.4 is 0 Å². The van der Waals surface area contributed by atoms with Crippen LogP contribution in [0.3, 0.4) is 0 Å². The molecule has 0 spiro atoms. The molecule has 0 amide bonds. The number of tetrazole rings is 1. The quantitative estimate of drug-likeness (QED) is 0.273. The minimum Gasteiger partial charge on any atom is -0.347 e. The van der Waals surface area contributed by atoms with Crippen LogP contribution in [0.15, 0.2) is 54.6 Å². The van der Waals surface area contributed by atoms with Crippen LogP contribution in [-0.4, -0.2) is 49.6 Å². The molecule has 0 fully saturated rings. The summed E-state index contributed by atoms with van der Waals surface area (Å²) in [4.78, 5) is 4.81. The summed E-state index contributed by atoms with van der Waals surface area (Å²) < 4.78 is 13.5. The van der Waals surface area contributed by atoms with E-state index in [-0.39, 0.29) is 0 Å². The summed E-state index contributed by atoms with van der Waals surface area (Å²) >= 11 is 0. The molecule has 188 valence electrons. The van der Waals surface area contributed by atoms with Gasteiger partial charge in [-0.3, -0.25) is 0 Å². The Bertz CT molecular complexity index is 1260. The van der Waals surface area contributed by atoms with Crippen molar-refractivity contribution in [2.75, 3.05) is 14.2 Å². The van der Waals surface area contributed by atoms with Crippen molar-refractivity contribution >= 4 is 6.08 Å². The molecule has 0 unspecified atom stereocenters. The number of rotatable bonds is 12. The topological polar surface area (TPSA) is 104 Å². The summed E-state index contributed by atoms with van der Waals surface area (Å²) in [7, 11) is 3.29. The van der Waals surface area contributed by atoms with Gasteiger partial charge >= 0.3 is 0 Å². The van der Waals surface area contributed by atoms with E-state index in [1.807, 2.05) is 29.0 Å². The second-order valence-electron chi connectivity index (χ2n) is 8.52. The van der Waals surface area contributed by atoms with Gasteiger partial charge in [0, 0.05) is 26.2 Å². The number of ether oxygens (including phenoxy) is 2. The standard InChI is InChI=1S/C27H33N7O2/c1-5-7-13-24-28-26(27(35-3,36-4)18-8-6-2)31-34(24)19-20-14-16-21(17-15-20)22-11-9-10-12-23(22)25-29-32-33-30-25/h7,9-17H,5-6,8,18-19H2,1-4H3,(H,29,30,32,33)/b13-7+. The number of H-pyrrole nitrogens is 1. The van der Waals surface area contributed by atoms with E-state index in [1.54, 1.807) is 14.2 Å². The fourth-order valence-corrected chi connectivity index (χ4v) is 4.15. The van der Waals surface area contributed by atoms with Crippen LogP contribution in [0.4, 0.5) is 0 Å². The number of nitrogens with one attached hydrogen (secondary N) is 1. The van der Waals surface area contributed by atoms with Gasteiger partial charge in [-0.25, -0.2) is 14.8 Å². The minimum atomic E-state index is -0.959. The van der Waals surface area contributed by atoms with E-state index in [1.165, 1.54) is 0 Å². The van der Waals surface area contributed by atoms with Crippen LogP contribution in [0.2, 0.25) is 0 Å². The largest absolute Gasteiger partial charge is 0.347 e. The third-order valence-corrected chi connectivity index (χ3v) is 6.19. The fourth-order valence-electron chi connectivity index (χ4n) is 4.15. The van der Waals surface area contributed by atoms with Gasteiger partial charge in [-0.2, -0.15) is 0 Å². The van der Waals surface area contributed by atoms with Gasteiger partial charge in [-0.05, 0) is 46.0 Å². The molecule has 36 heavy (non-hydrogen) atoms. The molecule has 0 bridgehead atoms. The SMILES string of the molecule is CC/C=C/c1nc(C(CCCC)(OC)OC)nn1Cc1ccc(-c2ccccc2-c2nnn[nH]2)cc1. The smallest absolute Gasteiger partial charge is 0.231 e. The molecule has 0 radical (unpaired) electrons.